The minimum Gasteiger partial charge on any atom is -0.349 e. The maximum atomic E-state index is 13.2. The molecule has 0 aliphatic heterocycles. The molecular weight excluding hydrogens is 354 g/mol. The van der Waals surface area contributed by atoms with E-state index < -0.39 is 11.6 Å². The lowest BCUT2D eigenvalue weighted by Gasteiger charge is -2.33. The first-order chi connectivity index (χ1) is 13.3. The van der Waals surface area contributed by atoms with Crippen molar-refractivity contribution in [3.8, 4) is 0 Å². The molecule has 0 fully saturated rings. The highest BCUT2D eigenvalue weighted by molar-refractivity contribution is 5.98. The Bertz CT molecular complexity index is 883. The highest BCUT2D eigenvalue weighted by Gasteiger charge is 2.33. The Hall–Kier alpha value is -3.31. The summed E-state index contributed by atoms with van der Waals surface area (Å²) < 4.78 is 0. The zero-order chi connectivity index (χ0) is 20.7. The summed E-state index contributed by atoms with van der Waals surface area (Å²) >= 11 is 0. The average Bonchev–Trinajstić information content (AvgIpc) is 2.66. The number of amides is 2. The van der Waals surface area contributed by atoms with E-state index in [1.807, 2.05) is 33.8 Å². The van der Waals surface area contributed by atoms with Crippen LogP contribution in [0.5, 0.6) is 0 Å². The summed E-state index contributed by atoms with van der Waals surface area (Å²) in [4.78, 5) is 30.7. The standard InChI is InChI=1S/C21H25N5O2/c1-5-26(20(28)15-11-7-6-8-12-15)18(19(27)23-21(2,3)4)16-13-9-10-14-17(16)24-25-22/h6-14,18H,5H2,1-4H3,(H,23,27). The monoisotopic (exact) mass is 379 g/mol. The molecule has 7 nitrogen and oxygen atoms in total. The van der Waals surface area contributed by atoms with Crippen LogP contribution in [0, 0.1) is 0 Å². The predicted molar refractivity (Wildman–Crippen MR) is 109 cm³/mol. The van der Waals surface area contributed by atoms with Crippen molar-refractivity contribution in [3.05, 3.63) is 76.2 Å². The second kappa shape index (κ2) is 9.06. The summed E-state index contributed by atoms with van der Waals surface area (Å²) in [6.07, 6.45) is 0. The number of carbonyl (C=O) groups is 2. The van der Waals surface area contributed by atoms with Crippen LogP contribution in [-0.4, -0.2) is 28.8 Å². The molecule has 0 saturated carbocycles. The number of rotatable bonds is 6. The van der Waals surface area contributed by atoms with Crippen molar-refractivity contribution in [1.29, 1.82) is 0 Å². The topological polar surface area (TPSA) is 98.2 Å². The summed E-state index contributed by atoms with van der Waals surface area (Å²) in [6.45, 7) is 7.73. The van der Waals surface area contributed by atoms with Gasteiger partial charge in [0.15, 0.2) is 0 Å². The van der Waals surface area contributed by atoms with E-state index in [2.05, 4.69) is 15.3 Å². The molecule has 1 N–H and O–H groups in total. The number of hydrogen-bond donors (Lipinski definition) is 1. The molecule has 1 atom stereocenters. The van der Waals surface area contributed by atoms with Crippen LogP contribution in [0.1, 0.15) is 49.7 Å². The minimum absolute atomic E-state index is 0.270. The number of hydrogen-bond acceptors (Lipinski definition) is 3. The van der Waals surface area contributed by atoms with Crippen LogP contribution in [0.2, 0.25) is 0 Å². The van der Waals surface area contributed by atoms with Crippen molar-refractivity contribution in [2.75, 3.05) is 6.54 Å². The lowest BCUT2D eigenvalue weighted by atomic mass is 9.99. The zero-order valence-corrected chi connectivity index (χ0v) is 16.6. The van der Waals surface area contributed by atoms with Gasteiger partial charge < -0.3 is 10.2 Å². The molecule has 2 aromatic carbocycles. The third-order valence-electron chi connectivity index (χ3n) is 4.06. The van der Waals surface area contributed by atoms with Gasteiger partial charge in [0.05, 0.1) is 0 Å². The fourth-order valence-electron chi connectivity index (χ4n) is 2.94. The first kappa shape index (κ1) is 21.0. The van der Waals surface area contributed by atoms with Crippen LogP contribution in [-0.2, 0) is 4.79 Å². The van der Waals surface area contributed by atoms with E-state index in [1.165, 1.54) is 4.90 Å². The highest BCUT2D eigenvalue weighted by atomic mass is 16.2. The summed E-state index contributed by atoms with van der Waals surface area (Å²) in [5.74, 6) is -0.605. The van der Waals surface area contributed by atoms with Crippen LogP contribution in [0.4, 0.5) is 5.69 Å². The van der Waals surface area contributed by atoms with E-state index in [0.29, 0.717) is 23.4 Å². The Morgan fingerprint density at radius 1 is 1.11 bits per heavy atom. The smallest absolute Gasteiger partial charge is 0.254 e. The summed E-state index contributed by atoms with van der Waals surface area (Å²) in [6, 6.07) is 14.7. The Balaban J connectivity index is 2.58. The lowest BCUT2D eigenvalue weighted by molar-refractivity contribution is -0.127. The molecule has 7 heteroatoms. The molecule has 0 aliphatic carbocycles. The number of likely N-dealkylation sites (N-methyl/N-ethyl adjacent to an activating group) is 1. The fraction of sp³-hybridized carbons (Fsp3) is 0.333. The quantitative estimate of drug-likeness (QED) is 0.445. The average molecular weight is 379 g/mol. The second-order valence-corrected chi connectivity index (χ2v) is 7.35. The number of nitrogens with one attached hydrogen (secondary N) is 1. The molecular formula is C21H25N5O2. The number of benzene rings is 2. The van der Waals surface area contributed by atoms with Crippen molar-refractivity contribution in [2.24, 2.45) is 5.11 Å². The molecule has 0 spiro atoms. The van der Waals surface area contributed by atoms with E-state index in [-0.39, 0.29) is 11.8 Å². The SMILES string of the molecule is CCN(C(=O)c1ccccc1)C(C(=O)NC(C)(C)C)c1ccccc1N=[N+]=[N-]. The van der Waals surface area contributed by atoms with Crippen molar-refractivity contribution in [2.45, 2.75) is 39.3 Å². The molecule has 28 heavy (non-hydrogen) atoms. The van der Waals surface area contributed by atoms with Gasteiger partial charge in [-0.25, -0.2) is 0 Å². The third kappa shape index (κ3) is 5.11. The Morgan fingerprint density at radius 2 is 1.71 bits per heavy atom. The van der Waals surface area contributed by atoms with Gasteiger partial charge in [-0.2, -0.15) is 0 Å². The Labute approximate surface area is 165 Å². The lowest BCUT2D eigenvalue weighted by Crippen LogP contribution is -2.49. The molecule has 1 unspecified atom stereocenters. The zero-order valence-electron chi connectivity index (χ0n) is 16.6. The maximum absolute atomic E-state index is 13.2. The first-order valence-corrected chi connectivity index (χ1v) is 9.10. The van der Waals surface area contributed by atoms with Gasteiger partial charge in [-0.05, 0) is 50.9 Å². The minimum atomic E-state index is -0.932. The molecule has 2 amide bonds. The fourth-order valence-corrected chi connectivity index (χ4v) is 2.94. The van der Waals surface area contributed by atoms with E-state index >= 15 is 0 Å². The van der Waals surface area contributed by atoms with Crippen molar-refractivity contribution in [3.63, 3.8) is 0 Å². The van der Waals surface area contributed by atoms with Crippen molar-refractivity contribution in [1.82, 2.24) is 10.2 Å². The van der Waals surface area contributed by atoms with E-state index in [9.17, 15) is 9.59 Å². The number of azide groups is 1. The van der Waals surface area contributed by atoms with Gasteiger partial charge in [-0.15, -0.1) is 0 Å². The maximum Gasteiger partial charge on any atom is 0.254 e. The largest absolute Gasteiger partial charge is 0.349 e. The molecule has 0 heterocycles. The molecule has 0 saturated heterocycles. The Kier molecular flexibility index (Phi) is 6.79. The van der Waals surface area contributed by atoms with Crippen LogP contribution in [0.3, 0.4) is 0 Å². The number of carbonyl (C=O) groups excluding carboxylic acids is 2. The molecule has 0 radical (unpaired) electrons. The molecule has 0 bridgehead atoms. The molecule has 2 aromatic rings. The van der Waals surface area contributed by atoms with Gasteiger partial charge in [0, 0.05) is 28.2 Å². The van der Waals surface area contributed by atoms with Crippen LogP contribution >= 0.6 is 0 Å². The molecule has 0 aliphatic rings. The summed E-state index contributed by atoms with van der Waals surface area (Å²) in [5.41, 5.74) is 9.71. The molecule has 0 aromatic heterocycles. The normalized spacial score (nSPS) is 11.9. The van der Waals surface area contributed by atoms with Crippen LogP contribution in [0.25, 0.3) is 10.4 Å². The molecule has 2 rings (SSSR count). The van der Waals surface area contributed by atoms with Crippen LogP contribution in [0.15, 0.2) is 59.7 Å². The van der Waals surface area contributed by atoms with Gasteiger partial charge in [-0.3, -0.25) is 9.59 Å². The van der Waals surface area contributed by atoms with Gasteiger partial charge in [0.1, 0.15) is 6.04 Å². The van der Waals surface area contributed by atoms with Gasteiger partial charge in [-0.1, -0.05) is 47.6 Å². The third-order valence-corrected chi connectivity index (χ3v) is 4.06. The van der Waals surface area contributed by atoms with E-state index in [4.69, 9.17) is 5.53 Å². The van der Waals surface area contributed by atoms with Gasteiger partial charge >= 0.3 is 0 Å². The Morgan fingerprint density at radius 3 is 2.29 bits per heavy atom. The summed E-state index contributed by atoms with van der Waals surface area (Å²) in [7, 11) is 0. The van der Waals surface area contributed by atoms with Gasteiger partial charge in [0.25, 0.3) is 5.91 Å². The van der Waals surface area contributed by atoms with Crippen molar-refractivity contribution < 1.29 is 9.59 Å². The van der Waals surface area contributed by atoms with Crippen molar-refractivity contribution >= 4 is 17.5 Å². The molecule has 146 valence electrons. The van der Waals surface area contributed by atoms with E-state index in [0.717, 1.165) is 0 Å². The first-order valence-electron chi connectivity index (χ1n) is 9.10. The highest BCUT2D eigenvalue weighted by Crippen LogP contribution is 2.31. The predicted octanol–water partition coefficient (Wildman–Crippen LogP) is 4.75. The van der Waals surface area contributed by atoms with E-state index in [1.54, 1.807) is 48.5 Å². The van der Waals surface area contributed by atoms with Gasteiger partial charge in [0.2, 0.25) is 5.91 Å². The second-order valence-electron chi connectivity index (χ2n) is 7.35. The number of nitrogens with zero attached hydrogens (tertiary/aromatic N) is 4. The van der Waals surface area contributed by atoms with Crippen LogP contribution < -0.4 is 5.32 Å². The summed E-state index contributed by atoms with van der Waals surface area (Å²) in [5, 5.41) is 6.66.